The fraction of sp³-hybridized carbons (Fsp3) is 1.00. The first-order valence-electron chi connectivity index (χ1n) is 6.12. The lowest BCUT2D eigenvalue weighted by atomic mass is 10.1. The van der Waals surface area contributed by atoms with E-state index in [4.69, 9.17) is 19.3 Å². The molecule has 110 valence electrons. The second-order valence-electron chi connectivity index (χ2n) is 3.96. The van der Waals surface area contributed by atoms with Crippen LogP contribution in [0.25, 0.3) is 0 Å². The zero-order chi connectivity index (χ0) is 14.8. The van der Waals surface area contributed by atoms with Gasteiger partial charge in [0.25, 0.3) is 0 Å². The fourth-order valence-electron chi connectivity index (χ4n) is 1.27. The lowest BCUT2D eigenvalue weighted by molar-refractivity contribution is -0.281. The first-order chi connectivity index (χ1) is 8.50. The van der Waals surface area contributed by atoms with E-state index in [1.165, 1.54) is 0 Å². The largest absolute Gasteiger partial charge is 0.400 e. The van der Waals surface area contributed by atoms with Gasteiger partial charge in [-0.05, 0) is 13.8 Å². The summed E-state index contributed by atoms with van der Waals surface area (Å²) in [6.07, 6.45) is -0.410. The second-order valence-corrected chi connectivity index (χ2v) is 3.96. The molecule has 1 aliphatic heterocycles. The maximum absolute atomic E-state index is 10.4. The van der Waals surface area contributed by atoms with Crippen LogP contribution in [0, 0.1) is 10.8 Å². The molecule has 6 nitrogen and oxygen atoms in total. The van der Waals surface area contributed by atoms with Crippen LogP contribution >= 0.6 is 0 Å². The van der Waals surface area contributed by atoms with Crippen LogP contribution in [-0.2, 0) is 14.2 Å². The summed E-state index contributed by atoms with van der Waals surface area (Å²) in [5.41, 5.74) is 0. The third kappa shape index (κ3) is 6.39. The summed E-state index contributed by atoms with van der Waals surface area (Å²) in [6.45, 7) is 9.81. The highest BCUT2D eigenvalue weighted by Gasteiger charge is 2.38. The molecule has 2 unspecified atom stereocenters. The van der Waals surface area contributed by atoms with Crippen molar-refractivity contribution in [1.29, 1.82) is 0 Å². The molecule has 0 bridgehead atoms. The van der Waals surface area contributed by atoms with Crippen LogP contribution in [0.4, 0.5) is 0 Å². The van der Waals surface area contributed by atoms with Crippen LogP contribution in [0.1, 0.15) is 34.6 Å². The van der Waals surface area contributed by atoms with E-state index in [0.29, 0.717) is 6.61 Å². The van der Waals surface area contributed by atoms with Crippen LogP contribution in [0.5, 0.6) is 0 Å². The van der Waals surface area contributed by atoms with Crippen LogP contribution in [0.15, 0.2) is 5.18 Å². The molecule has 1 aliphatic rings. The second kappa shape index (κ2) is 10.4. The van der Waals surface area contributed by atoms with E-state index in [1.807, 2.05) is 20.8 Å². The molecular formula is C12H27NO5. The van der Waals surface area contributed by atoms with Crippen molar-refractivity contribution in [2.24, 2.45) is 11.1 Å². The summed E-state index contributed by atoms with van der Waals surface area (Å²) in [5.74, 6) is -0.724. The van der Waals surface area contributed by atoms with Gasteiger partial charge in [-0.25, -0.2) is 0 Å². The Balaban J connectivity index is 0. The topological polar surface area (TPSA) is 77.3 Å². The van der Waals surface area contributed by atoms with Gasteiger partial charge in [0, 0.05) is 20.1 Å². The zero-order valence-corrected chi connectivity index (χ0v) is 12.5. The van der Waals surface area contributed by atoms with Crippen molar-refractivity contribution in [2.45, 2.75) is 52.7 Å². The predicted octanol–water partition coefficient (Wildman–Crippen LogP) is 2.15. The average Bonchev–Trinajstić information content (AvgIpc) is 2.75. The SMILES string of the molecule is CC.CO.COC(C)(C)OC1OC[C@@H](N=O)C1C. The molecule has 3 atom stereocenters. The van der Waals surface area contributed by atoms with Gasteiger partial charge in [-0.3, -0.25) is 0 Å². The van der Waals surface area contributed by atoms with Crippen LogP contribution in [-0.4, -0.2) is 44.1 Å². The van der Waals surface area contributed by atoms with Crippen LogP contribution in [0.3, 0.4) is 0 Å². The van der Waals surface area contributed by atoms with E-state index >= 15 is 0 Å². The lowest BCUT2D eigenvalue weighted by Crippen LogP contribution is -2.35. The van der Waals surface area contributed by atoms with Crippen molar-refractivity contribution >= 4 is 0 Å². The Morgan fingerprint density at radius 3 is 2.17 bits per heavy atom. The summed E-state index contributed by atoms with van der Waals surface area (Å²) in [5, 5.41) is 9.98. The third-order valence-corrected chi connectivity index (χ3v) is 2.49. The standard InChI is InChI=1S/C9H17NO4.C2H6.CH4O/c1-6-7(10-11)5-13-8(6)14-9(2,3)12-4;2*1-2/h6-8H,5H2,1-4H3;1-2H3;2H,1H3/t6?,7-,8?;;/m1../s1. The minimum Gasteiger partial charge on any atom is -0.400 e. The molecule has 1 rings (SSSR count). The van der Waals surface area contributed by atoms with Crippen LogP contribution in [0.2, 0.25) is 0 Å². The number of ether oxygens (including phenoxy) is 3. The molecule has 6 heteroatoms. The summed E-state index contributed by atoms with van der Waals surface area (Å²) in [6, 6.07) is -0.312. The Bertz CT molecular complexity index is 211. The first kappa shape index (κ1) is 19.8. The van der Waals surface area contributed by atoms with Crippen molar-refractivity contribution in [3.63, 3.8) is 0 Å². The van der Waals surface area contributed by atoms with Gasteiger partial charge in [0.15, 0.2) is 12.1 Å². The Labute approximate surface area is 110 Å². The molecule has 1 N–H and O–H groups in total. The number of aliphatic hydroxyl groups excluding tert-OH is 1. The maximum Gasteiger partial charge on any atom is 0.165 e. The van der Waals surface area contributed by atoms with Gasteiger partial charge in [0.05, 0.1) is 6.61 Å². The molecule has 0 spiro atoms. The Hall–Kier alpha value is -0.560. The minimum absolute atomic E-state index is 0.0260. The molecule has 0 aromatic rings. The van der Waals surface area contributed by atoms with Crippen molar-refractivity contribution in [3.05, 3.63) is 4.91 Å². The summed E-state index contributed by atoms with van der Waals surface area (Å²) >= 11 is 0. The van der Waals surface area contributed by atoms with Crippen LogP contribution < -0.4 is 0 Å². The highest BCUT2D eigenvalue weighted by Crippen LogP contribution is 2.28. The number of aliphatic hydroxyl groups is 1. The summed E-state index contributed by atoms with van der Waals surface area (Å²) in [4.78, 5) is 10.4. The van der Waals surface area contributed by atoms with E-state index < -0.39 is 12.1 Å². The molecule has 1 fully saturated rings. The summed E-state index contributed by atoms with van der Waals surface area (Å²) in [7, 11) is 2.56. The monoisotopic (exact) mass is 265 g/mol. The van der Waals surface area contributed by atoms with Gasteiger partial charge in [-0.15, -0.1) is 0 Å². The molecule has 0 aliphatic carbocycles. The smallest absolute Gasteiger partial charge is 0.165 e. The highest BCUT2D eigenvalue weighted by atomic mass is 16.8. The van der Waals surface area contributed by atoms with E-state index in [0.717, 1.165) is 7.11 Å². The number of hydrogen-bond donors (Lipinski definition) is 1. The highest BCUT2D eigenvalue weighted by molar-refractivity contribution is 4.81. The molecule has 1 saturated heterocycles. The van der Waals surface area contributed by atoms with E-state index in [2.05, 4.69) is 5.18 Å². The van der Waals surface area contributed by atoms with Crippen molar-refractivity contribution < 1.29 is 19.3 Å². The van der Waals surface area contributed by atoms with Gasteiger partial charge in [0.2, 0.25) is 0 Å². The van der Waals surface area contributed by atoms with Gasteiger partial charge in [0.1, 0.15) is 6.04 Å². The van der Waals surface area contributed by atoms with Crippen molar-refractivity contribution in [1.82, 2.24) is 0 Å². The Morgan fingerprint density at radius 2 is 1.83 bits per heavy atom. The van der Waals surface area contributed by atoms with E-state index in [-0.39, 0.29) is 12.0 Å². The van der Waals surface area contributed by atoms with Crippen molar-refractivity contribution in [3.8, 4) is 0 Å². The maximum atomic E-state index is 10.4. The number of nitrogens with zero attached hydrogens (tertiary/aromatic N) is 1. The van der Waals surface area contributed by atoms with Gasteiger partial charge >= 0.3 is 0 Å². The summed E-state index contributed by atoms with van der Waals surface area (Å²) < 4.78 is 16.0. The predicted molar refractivity (Wildman–Crippen MR) is 70.2 cm³/mol. The first-order valence-corrected chi connectivity index (χ1v) is 6.12. The number of methoxy groups -OCH3 is 1. The molecule has 18 heavy (non-hydrogen) atoms. The number of rotatable bonds is 4. The normalized spacial score (nSPS) is 26.6. The average molecular weight is 265 g/mol. The fourth-order valence-corrected chi connectivity index (χ4v) is 1.27. The molecule has 1 heterocycles. The lowest BCUT2D eigenvalue weighted by Gasteiger charge is -2.28. The molecule has 0 saturated carbocycles. The van der Waals surface area contributed by atoms with E-state index in [9.17, 15) is 4.91 Å². The molecule has 0 amide bonds. The minimum atomic E-state index is -0.698. The molecular weight excluding hydrogens is 238 g/mol. The Kier molecular flexibility index (Phi) is 11.4. The Morgan fingerprint density at radius 1 is 1.33 bits per heavy atom. The molecule has 0 aromatic heterocycles. The number of hydrogen-bond acceptors (Lipinski definition) is 6. The number of nitroso groups, excluding NO2 is 1. The molecule has 0 radical (unpaired) electrons. The quantitative estimate of drug-likeness (QED) is 0.622. The van der Waals surface area contributed by atoms with E-state index in [1.54, 1.807) is 21.0 Å². The van der Waals surface area contributed by atoms with Gasteiger partial charge < -0.3 is 19.3 Å². The molecule has 0 aromatic carbocycles. The van der Waals surface area contributed by atoms with Crippen molar-refractivity contribution in [2.75, 3.05) is 20.8 Å². The van der Waals surface area contributed by atoms with Gasteiger partial charge in [-0.1, -0.05) is 25.9 Å². The van der Waals surface area contributed by atoms with Gasteiger partial charge in [-0.2, -0.15) is 4.91 Å². The third-order valence-electron chi connectivity index (χ3n) is 2.49. The zero-order valence-electron chi connectivity index (χ0n) is 12.5.